The highest BCUT2D eigenvalue weighted by Crippen LogP contribution is 2.36. The number of methoxy groups -OCH3 is 1. The van der Waals surface area contributed by atoms with Gasteiger partial charge in [0.2, 0.25) is 0 Å². The van der Waals surface area contributed by atoms with Crippen LogP contribution in [-0.2, 0) is 6.61 Å². The van der Waals surface area contributed by atoms with Gasteiger partial charge in [0.05, 0.1) is 23.9 Å². The van der Waals surface area contributed by atoms with Gasteiger partial charge >= 0.3 is 0 Å². The Kier molecular flexibility index (Phi) is 7.27. The van der Waals surface area contributed by atoms with Crippen molar-refractivity contribution in [2.24, 2.45) is 5.10 Å². The van der Waals surface area contributed by atoms with E-state index in [0.29, 0.717) is 38.7 Å². The zero-order valence-electron chi connectivity index (χ0n) is 15.6. The van der Waals surface area contributed by atoms with Gasteiger partial charge in [0, 0.05) is 4.47 Å². The molecular formula is C22H18BrClN2O3. The van der Waals surface area contributed by atoms with Gasteiger partial charge in [-0.1, -0.05) is 54.1 Å². The van der Waals surface area contributed by atoms with Gasteiger partial charge in [-0.25, -0.2) is 5.43 Å². The predicted octanol–water partition coefficient (Wildman–Crippen LogP) is 5.45. The maximum Gasteiger partial charge on any atom is 0.272 e. The van der Waals surface area contributed by atoms with E-state index in [0.717, 1.165) is 5.56 Å². The van der Waals surface area contributed by atoms with Gasteiger partial charge < -0.3 is 9.47 Å². The van der Waals surface area contributed by atoms with Crippen molar-refractivity contribution in [1.82, 2.24) is 5.43 Å². The standard InChI is InChI=1S/C22H18BrClN2O3/c1-28-20-12-16(13-25-26-22(27)17-9-5-6-10-18(17)23)11-19(24)21(20)29-14-15-7-3-2-4-8-15/h2-13H,14H2,1H3,(H,26,27)/b25-13+. The topological polar surface area (TPSA) is 59.9 Å². The fraction of sp³-hybridized carbons (Fsp3) is 0.0909. The van der Waals surface area contributed by atoms with E-state index in [1.54, 1.807) is 30.3 Å². The van der Waals surface area contributed by atoms with Gasteiger partial charge in [0.15, 0.2) is 11.5 Å². The van der Waals surface area contributed by atoms with E-state index in [4.69, 9.17) is 21.1 Å². The van der Waals surface area contributed by atoms with E-state index in [2.05, 4.69) is 26.5 Å². The summed E-state index contributed by atoms with van der Waals surface area (Å²) < 4.78 is 11.9. The van der Waals surface area contributed by atoms with E-state index in [-0.39, 0.29) is 5.91 Å². The first-order valence-electron chi connectivity index (χ1n) is 8.70. The van der Waals surface area contributed by atoms with Crippen LogP contribution in [0.5, 0.6) is 11.5 Å². The number of carbonyl (C=O) groups excluding carboxylic acids is 1. The largest absolute Gasteiger partial charge is 0.493 e. The molecule has 0 aromatic heterocycles. The van der Waals surface area contributed by atoms with Crippen molar-refractivity contribution in [3.8, 4) is 11.5 Å². The molecule has 1 N–H and O–H groups in total. The first kappa shape index (κ1) is 20.9. The maximum absolute atomic E-state index is 12.2. The summed E-state index contributed by atoms with van der Waals surface area (Å²) in [7, 11) is 1.54. The summed E-state index contributed by atoms with van der Waals surface area (Å²) in [6.07, 6.45) is 1.49. The summed E-state index contributed by atoms with van der Waals surface area (Å²) in [6.45, 7) is 0.367. The lowest BCUT2D eigenvalue weighted by Gasteiger charge is -2.13. The van der Waals surface area contributed by atoms with Crippen LogP contribution in [-0.4, -0.2) is 19.2 Å². The Morgan fingerprint density at radius 2 is 1.86 bits per heavy atom. The second-order valence-corrected chi connectivity index (χ2v) is 7.25. The van der Waals surface area contributed by atoms with Crippen molar-refractivity contribution < 1.29 is 14.3 Å². The lowest BCUT2D eigenvalue weighted by Crippen LogP contribution is -2.18. The number of rotatable bonds is 7. The third-order valence-corrected chi connectivity index (χ3v) is 4.95. The maximum atomic E-state index is 12.2. The van der Waals surface area contributed by atoms with Crippen molar-refractivity contribution in [3.05, 3.63) is 92.9 Å². The molecule has 0 saturated heterocycles. The molecule has 0 bridgehead atoms. The minimum Gasteiger partial charge on any atom is -0.493 e. The van der Waals surface area contributed by atoms with Crippen molar-refractivity contribution in [2.75, 3.05) is 7.11 Å². The number of halogens is 2. The summed E-state index contributed by atoms with van der Waals surface area (Å²) in [5, 5.41) is 4.39. The Balaban J connectivity index is 1.70. The van der Waals surface area contributed by atoms with Crippen molar-refractivity contribution >= 4 is 39.7 Å². The zero-order chi connectivity index (χ0) is 20.6. The molecule has 0 spiro atoms. The molecule has 0 aliphatic heterocycles. The normalized spacial score (nSPS) is 10.7. The Morgan fingerprint density at radius 3 is 2.59 bits per heavy atom. The zero-order valence-corrected chi connectivity index (χ0v) is 17.9. The lowest BCUT2D eigenvalue weighted by molar-refractivity contribution is 0.0954. The Hall–Kier alpha value is -2.83. The summed E-state index contributed by atoms with van der Waals surface area (Å²) in [4.78, 5) is 12.2. The monoisotopic (exact) mass is 472 g/mol. The van der Waals surface area contributed by atoms with Crippen molar-refractivity contribution in [1.29, 1.82) is 0 Å². The molecule has 3 rings (SSSR count). The Labute approximate surface area is 182 Å². The molecule has 3 aromatic carbocycles. The van der Waals surface area contributed by atoms with Crippen LogP contribution in [0.4, 0.5) is 0 Å². The number of hydrogen-bond donors (Lipinski definition) is 1. The van der Waals surface area contributed by atoms with Gasteiger partial charge in [0.25, 0.3) is 5.91 Å². The third-order valence-electron chi connectivity index (χ3n) is 3.98. The fourth-order valence-electron chi connectivity index (χ4n) is 2.56. The second kappa shape index (κ2) is 10.1. The van der Waals surface area contributed by atoms with Gasteiger partial charge in [-0.15, -0.1) is 0 Å². The SMILES string of the molecule is COc1cc(/C=N/NC(=O)c2ccccc2Br)cc(Cl)c1OCc1ccccc1. The first-order valence-corrected chi connectivity index (χ1v) is 9.87. The molecule has 5 nitrogen and oxygen atoms in total. The number of ether oxygens (including phenoxy) is 2. The summed E-state index contributed by atoms with van der Waals surface area (Å²) in [6, 6.07) is 20.3. The molecule has 148 valence electrons. The molecule has 0 aliphatic rings. The van der Waals surface area contributed by atoms with Crippen LogP contribution in [0.25, 0.3) is 0 Å². The highest BCUT2D eigenvalue weighted by molar-refractivity contribution is 9.10. The lowest BCUT2D eigenvalue weighted by atomic mass is 10.2. The van der Waals surface area contributed by atoms with Crippen molar-refractivity contribution in [2.45, 2.75) is 6.61 Å². The summed E-state index contributed by atoms with van der Waals surface area (Å²) >= 11 is 9.72. The minimum atomic E-state index is -0.324. The number of amides is 1. The van der Waals surface area contributed by atoms with Crippen LogP contribution in [0.15, 0.2) is 76.3 Å². The minimum absolute atomic E-state index is 0.324. The van der Waals surface area contributed by atoms with Crippen LogP contribution in [0, 0.1) is 0 Å². The average molecular weight is 474 g/mol. The number of benzene rings is 3. The van der Waals surface area contributed by atoms with E-state index in [1.807, 2.05) is 36.4 Å². The molecule has 29 heavy (non-hydrogen) atoms. The number of nitrogens with zero attached hydrogens (tertiary/aromatic N) is 1. The Bertz CT molecular complexity index is 1030. The number of carbonyl (C=O) groups is 1. The second-order valence-electron chi connectivity index (χ2n) is 5.99. The quantitative estimate of drug-likeness (QED) is 0.366. The molecule has 0 unspecified atom stereocenters. The van der Waals surface area contributed by atoms with E-state index < -0.39 is 0 Å². The smallest absolute Gasteiger partial charge is 0.272 e. The van der Waals surface area contributed by atoms with Crippen LogP contribution in [0.1, 0.15) is 21.5 Å². The Morgan fingerprint density at radius 1 is 1.14 bits per heavy atom. The van der Waals surface area contributed by atoms with E-state index >= 15 is 0 Å². The van der Waals surface area contributed by atoms with Crippen LogP contribution >= 0.6 is 27.5 Å². The molecule has 1 amide bonds. The van der Waals surface area contributed by atoms with Gasteiger partial charge in [-0.05, 0) is 51.3 Å². The van der Waals surface area contributed by atoms with Crippen molar-refractivity contribution in [3.63, 3.8) is 0 Å². The average Bonchev–Trinajstić information content (AvgIpc) is 2.73. The fourth-order valence-corrected chi connectivity index (χ4v) is 3.29. The molecule has 7 heteroatoms. The first-order chi connectivity index (χ1) is 14.1. The number of nitrogens with one attached hydrogen (secondary N) is 1. The molecular weight excluding hydrogens is 456 g/mol. The van der Waals surface area contributed by atoms with Gasteiger partial charge in [0.1, 0.15) is 6.61 Å². The molecule has 0 heterocycles. The van der Waals surface area contributed by atoms with Gasteiger partial charge in [-0.3, -0.25) is 4.79 Å². The third kappa shape index (κ3) is 5.59. The summed E-state index contributed by atoms with van der Waals surface area (Å²) in [5.74, 6) is 0.606. The molecule has 0 radical (unpaired) electrons. The molecule has 0 saturated carbocycles. The molecule has 3 aromatic rings. The van der Waals surface area contributed by atoms with Crippen LogP contribution in [0.2, 0.25) is 5.02 Å². The molecule has 0 atom stereocenters. The highest BCUT2D eigenvalue weighted by Gasteiger charge is 2.12. The summed E-state index contributed by atoms with van der Waals surface area (Å²) in [5.41, 5.74) is 4.66. The highest BCUT2D eigenvalue weighted by atomic mass is 79.9. The molecule has 0 fully saturated rings. The number of hydrogen-bond acceptors (Lipinski definition) is 4. The van der Waals surface area contributed by atoms with Gasteiger partial charge in [-0.2, -0.15) is 5.10 Å². The van der Waals surface area contributed by atoms with E-state index in [1.165, 1.54) is 13.3 Å². The van der Waals surface area contributed by atoms with Crippen LogP contribution < -0.4 is 14.9 Å². The van der Waals surface area contributed by atoms with Crippen LogP contribution in [0.3, 0.4) is 0 Å². The van der Waals surface area contributed by atoms with E-state index in [9.17, 15) is 4.79 Å². The molecule has 0 aliphatic carbocycles. The number of hydrazone groups is 1. The predicted molar refractivity (Wildman–Crippen MR) is 118 cm³/mol.